The second kappa shape index (κ2) is 9.05. The average molecular weight is 485 g/mol. The van der Waals surface area contributed by atoms with Gasteiger partial charge in [-0.3, -0.25) is 4.72 Å². The number of halogens is 2. The molecule has 0 aliphatic carbocycles. The number of rotatable bonds is 5. The summed E-state index contributed by atoms with van der Waals surface area (Å²) >= 11 is 6.13. The summed E-state index contributed by atoms with van der Waals surface area (Å²) in [6, 6.07) is 11.3. The van der Waals surface area contributed by atoms with Gasteiger partial charge in [0.15, 0.2) is 0 Å². The van der Waals surface area contributed by atoms with Crippen molar-refractivity contribution >= 4 is 68.0 Å². The van der Waals surface area contributed by atoms with E-state index in [4.69, 9.17) is 11.6 Å². The van der Waals surface area contributed by atoms with Gasteiger partial charge in [-0.2, -0.15) is 0 Å². The van der Waals surface area contributed by atoms with Gasteiger partial charge in [0.1, 0.15) is 11.3 Å². The summed E-state index contributed by atoms with van der Waals surface area (Å²) in [4.78, 5) is 3.81. The van der Waals surface area contributed by atoms with Crippen molar-refractivity contribution < 1.29 is 17.9 Å². The second-order valence-corrected chi connectivity index (χ2v) is 9.43. The molecule has 0 saturated heterocycles. The molecule has 2 N–H and O–H groups in total. The smallest absolute Gasteiger partial charge is 0.262 e. The van der Waals surface area contributed by atoms with Gasteiger partial charge in [0.05, 0.1) is 21.9 Å². The molecule has 32 heavy (non-hydrogen) atoms. The fourth-order valence-electron chi connectivity index (χ4n) is 3.07. The fourth-order valence-corrected chi connectivity index (χ4v) is 4.33. The van der Waals surface area contributed by atoms with Crippen LogP contribution in [0.4, 0.5) is 10.1 Å². The summed E-state index contributed by atoms with van der Waals surface area (Å²) < 4.78 is 44.2. The first-order chi connectivity index (χ1) is 14.6. The van der Waals surface area contributed by atoms with Crippen molar-refractivity contribution in [3.8, 4) is 5.69 Å². The summed E-state index contributed by atoms with van der Waals surface area (Å²) in [5, 5.41) is 18.4. The molecular formula is C20H17ClFN5NaO3S. The minimum atomic E-state index is -4.17. The van der Waals surface area contributed by atoms with E-state index in [2.05, 4.69) is 20.0 Å². The number of nitrogens with one attached hydrogen (secondary N) is 1. The molecule has 0 amide bonds. The molecule has 0 atom stereocenters. The van der Waals surface area contributed by atoms with Gasteiger partial charge < -0.3 is 5.11 Å². The van der Waals surface area contributed by atoms with Crippen molar-refractivity contribution in [1.29, 1.82) is 0 Å². The van der Waals surface area contributed by atoms with Gasteiger partial charge in [0.2, 0.25) is 5.65 Å². The number of benzene rings is 2. The first-order valence-corrected chi connectivity index (χ1v) is 10.9. The van der Waals surface area contributed by atoms with Gasteiger partial charge in [-0.15, -0.1) is 5.10 Å². The molecule has 0 aliphatic rings. The molecule has 0 saturated carbocycles. The molecule has 0 unspecified atom stereocenters. The summed E-state index contributed by atoms with van der Waals surface area (Å²) in [5.74, 6) is -0.833. The molecule has 2 aromatic heterocycles. The molecule has 161 valence electrons. The molecule has 0 spiro atoms. The van der Waals surface area contributed by atoms with Crippen LogP contribution in [0.25, 0.3) is 16.9 Å². The number of hydrogen-bond acceptors (Lipinski definition) is 6. The van der Waals surface area contributed by atoms with Crippen molar-refractivity contribution in [2.75, 3.05) is 4.72 Å². The largest absolute Gasteiger partial charge is 0.386 e. The van der Waals surface area contributed by atoms with E-state index in [9.17, 15) is 17.9 Å². The third-order valence-corrected chi connectivity index (χ3v) is 6.16. The van der Waals surface area contributed by atoms with Crippen LogP contribution in [-0.4, -0.2) is 63.1 Å². The Labute approximate surface area is 210 Å². The molecule has 8 nitrogen and oxygen atoms in total. The minimum Gasteiger partial charge on any atom is -0.386 e. The van der Waals surface area contributed by atoms with Crippen molar-refractivity contribution in [1.82, 2.24) is 20.0 Å². The number of fused-ring (bicyclic) bond motifs is 1. The van der Waals surface area contributed by atoms with Crippen LogP contribution in [0, 0.1) is 5.82 Å². The van der Waals surface area contributed by atoms with Crippen molar-refractivity contribution in [3.63, 3.8) is 0 Å². The number of hydrogen-bond donors (Lipinski definition) is 2. The van der Waals surface area contributed by atoms with Crippen LogP contribution in [-0.2, 0) is 15.6 Å². The topological polar surface area (TPSA) is 110 Å². The maximum atomic E-state index is 14.4. The van der Waals surface area contributed by atoms with Crippen molar-refractivity contribution in [3.05, 3.63) is 71.1 Å². The Bertz CT molecular complexity index is 1410. The van der Waals surface area contributed by atoms with E-state index in [0.29, 0.717) is 21.9 Å². The monoisotopic (exact) mass is 484 g/mol. The van der Waals surface area contributed by atoms with E-state index in [0.717, 1.165) is 6.07 Å². The zero-order chi connectivity index (χ0) is 22.4. The average Bonchev–Trinajstić information content (AvgIpc) is 3.12. The van der Waals surface area contributed by atoms with Crippen LogP contribution in [0.1, 0.15) is 19.4 Å². The number of sulfonamides is 1. The van der Waals surface area contributed by atoms with Crippen molar-refractivity contribution in [2.45, 2.75) is 24.3 Å². The second-order valence-electron chi connectivity index (χ2n) is 7.32. The standard InChI is InChI=1S/C20H17ClFN5O3S.Na/c1-20(2,28)14-7-6-13(11-15(14)22)31(29,30)25-16-8-5-12(21)10-18(16)27-17-4-3-9-23-19(17)24-26-27;/h3-11,25,28H,1-2H3;. The third kappa shape index (κ3) is 4.80. The molecule has 2 aromatic carbocycles. The number of pyridine rings is 1. The van der Waals surface area contributed by atoms with Gasteiger partial charge in [0.25, 0.3) is 10.0 Å². The van der Waals surface area contributed by atoms with E-state index in [1.165, 1.54) is 48.9 Å². The number of aromatic nitrogens is 4. The normalized spacial score (nSPS) is 11.9. The first-order valence-electron chi connectivity index (χ1n) is 9.08. The van der Waals surface area contributed by atoms with Crippen LogP contribution >= 0.6 is 11.6 Å². The summed E-state index contributed by atoms with van der Waals surface area (Å²) in [5.41, 5.74) is -0.0653. The third-order valence-electron chi connectivity index (χ3n) is 4.57. The Morgan fingerprint density at radius 3 is 2.59 bits per heavy atom. The van der Waals surface area contributed by atoms with E-state index in [-0.39, 0.29) is 45.7 Å². The van der Waals surface area contributed by atoms with Crippen LogP contribution in [0.3, 0.4) is 0 Å². The Kier molecular flexibility index (Phi) is 6.94. The van der Waals surface area contributed by atoms with E-state index >= 15 is 0 Å². The number of aliphatic hydroxyl groups is 1. The fraction of sp³-hybridized carbons (Fsp3) is 0.150. The zero-order valence-electron chi connectivity index (χ0n) is 17.4. The molecule has 4 rings (SSSR count). The van der Waals surface area contributed by atoms with E-state index in [1.54, 1.807) is 18.3 Å². The Morgan fingerprint density at radius 1 is 1.16 bits per heavy atom. The molecule has 1 radical (unpaired) electrons. The van der Waals surface area contributed by atoms with Crippen LogP contribution in [0.5, 0.6) is 0 Å². The molecule has 12 heteroatoms. The SMILES string of the molecule is CC(C)(O)c1ccc(S(=O)(=O)Nc2ccc(Cl)cc2-n2nnc3ncccc32)cc1F.[Na]. The maximum absolute atomic E-state index is 14.4. The quantitative estimate of drug-likeness (QED) is 0.421. The summed E-state index contributed by atoms with van der Waals surface area (Å²) in [6.45, 7) is 2.82. The predicted octanol–water partition coefficient (Wildman–Crippen LogP) is 3.26. The molecule has 0 fully saturated rings. The number of nitrogens with zero attached hydrogens (tertiary/aromatic N) is 4. The Hall–Kier alpha value is -2.08. The molecule has 0 bridgehead atoms. The zero-order valence-corrected chi connectivity index (χ0v) is 21.0. The van der Waals surface area contributed by atoms with Gasteiger partial charge in [0, 0.05) is 46.3 Å². The predicted molar refractivity (Wildman–Crippen MR) is 120 cm³/mol. The summed E-state index contributed by atoms with van der Waals surface area (Å²) in [6.07, 6.45) is 1.56. The minimum absolute atomic E-state index is 0. The summed E-state index contributed by atoms with van der Waals surface area (Å²) in [7, 11) is -4.17. The Morgan fingerprint density at radius 2 is 1.91 bits per heavy atom. The van der Waals surface area contributed by atoms with Gasteiger partial charge in [-0.1, -0.05) is 22.9 Å². The van der Waals surface area contributed by atoms with Gasteiger partial charge in [-0.05, 0) is 56.3 Å². The first kappa shape index (κ1) is 24.6. The van der Waals surface area contributed by atoms with Gasteiger partial charge >= 0.3 is 0 Å². The molecule has 4 aromatic rings. The van der Waals surface area contributed by atoms with E-state index in [1.807, 2.05) is 0 Å². The molecular weight excluding hydrogens is 468 g/mol. The molecule has 0 aliphatic heterocycles. The Balaban J connectivity index is 0.00000289. The van der Waals surface area contributed by atoms with Gasteiger partial charge in [-0.25, -0.2) is 22.5 Å². The van der Waals surface area contributed by atoms with Crippen LogP contribution in [0.2, 0.25) is 5.02 Å². The number of anilines is 1. The maximum Gasteiger partial charge on any atom is 0.262 e. The molecule has 2 heterocycles. The van der Waals surface area contributed by atoms with Crippen LogP contribution < -0.4 is 4.72 Å². The van der Waals surface area contributed by atoms with Crippen LogP contribution in [0.15, 0.2) is 59.6 Å². The van der Waals surface area contributed by atoms with E-state index < -0.39 is 21.4 Å². The van der Waals surface area contributed by atoms with Crippen molar-refractivity contribution in [2.24, 2.45) is 0 Å².